The lowest BCUT2D eigenvalue weighted by Crippen LogP contribution is -2.47. The molecule has 0 fully saturated rings. The summed E-state index contributed by atoms with van der Waals surface area (Å²) in [5.41, 5.74) is -0.352. The standard InChI is InChI=1S/C13H22BrN3O2/c1-5-17-7-10(14)6-11(17)12(18)15-8-13(2,19)9-16(3)4/h6-7,19H,5,8-9H2,1-4H3,(H,15,18). The second-order valence-electron chi connectivity index (χ2n) is 5.25. The minimum absolute atomic E-state index is 0.174. The predicted octanol–water partition coefficient (Wildman–Crippen LogP) is 1.31. The molecule has 1 aromatic rings. The van der Waals surface area contributed by atoms with Crippen molar-refractivity contribution in [2.45, 2.75) is 26.0 Å². The van der Waals surface area contributed by atoms with Crippen LogP contribution in [0.1, 0.15) is 24.3 Å². The van der Waals surface area contributed by atoms with E-state index in [0.717, 1.165) is 11.0 Å². The zero-order valence-electron chi connectivity index (χ0n) is 11.9. The van der Waals surface area contributed by atoms with Gasteiger partial charge in [0.2, 0.25) is 0 Å². The van der Waals surface area contributed by atoms with Crippen molar-refractivity contribution in [1.82, 2.24) is 14.8 Å². The topological polar surface area (TPSA) is 57.5 Å². The van der Waals surface area contributed by atoms with Crippen LogP contribution in [0.25, 0.3) is 0 Å². The second kappa shape index (κ2) is 6.54. The van der Waals surface area contributed by atoms with E-state index < -0.39 is 5.60 Å². The number of hydrogen-bond donors (Lipinski definition) is 2. The molecule has 19 heavy (non-hydrogen) atoms. The number of carbonyl (C=O) groups excluding carboxylic acids is 1. The maximum absolute atomic E-state index is 12.1. The summed E-state index contributed by atoms with van der Waals surface area (Å²) in [6.45, 7) is 5.12. The third-order valence-corrected chi connectivity index (χ3v) is 3.16. The van der Waals surface area contributed by atoms with Gasteiger partial charge in [-0.1, -0.05) is 0 Å². The van der Waals surface area contributed by atoms with Gasteiger partial charge in [-0.25, -0.2) is 0 Å². The lowest BCUT2D eigenvalue weighted by molar-refractivity contribution is 0.0324. The number of aliphatic hydroxyl groups is 1. The molecular weight excluding hydrogens is 310 g/mol. The predicted molar refractivity (Wildman–Crippen MR) is 79.3 cm³/mol. The second-order valence-corrected chi connectivity index (χ2v) is 6.16. The third-order valence-electron chi connectivity index (χ3n) is 2.72. The quantitative estimate of drug-likeness (QED) is 0.826. The highest BCUT2D eigenvalue weighted by Crippen LogP contribution is 2.15. The summed E-state index contributed by atoms with van der Waals surface area (Å²) in [5.74, 6) is -0.174. The molecule has 0 radical (unpaired) electrons. The van der Waals surface area contributed by atoms with Crippen LogP contribution in [0.3, 0.4) is 0 Å². The van der Waals surface area contributed by atoms with Crippen molar-refractivity contribution in [1.29, 1.82) is 0 Å². The van der Waals surface area contributed by atoms with Crippen LogP contribution in [0, 0.1) is 0 Å². The molecule has 0 aliphatic heterocycles. The fraction of sp³-hybridized carbons (Fsp3) is 0.615. The minimum atomic E-state index is -0.944. The molecule has 1 rings (SSSR count). The highest BCUT2D eigenvalue weighted by Gasteiger charge is 2.23. The summed E-state index contributed by atoms with van der Waals surface area (Å²) in [6.07, 6.45) is 1.87. The van der Waals surface area contributed by atoms with Gasteiger partial charge in [0.15, 0.2) is 0 Å². The molecule has 1 amide bonds. The van der Waals surface area contributed by atoms with Gasteiger partial charge in [-0.3, -0.25) is 4.79 Å². The van der Waals surface area contributed by atoms with Gasteiger partial charge in [-0.05, 0) is 49.9 Å². The summed E-state index contributed by atoms with van der Waals surface area (Å²) < 4.78 is 2.74. The Hall–Kier alpha value is -0.850. The van der Waals surface area contributed by atoms with E-state index in [9.17, 15) is 9.90 Å². The molecule has 0 aromatic carbocycles. The number of nitrogens with one attached hydrogen (secondary N) is 1. The van der Waals surface area contributed by atoms with Crippen molar-refractivity contribution in [2.75, 3.05) is 27.2 Å². The van der Waals surface area contributed by atoms with E-state index >= 15 is 0 Å². The van der Waals surface area contributed by atoms with Gasteiger partial charge in [0, 0.05) is 30.3 Å². The highest BCUT2D eigenvalue weighted by molar-refractivity contribution is 9.10. The largest absolute Gasteiger partial charge is 0.387 e. The molecule has 1 heterocycles. The molecule has 6 heteroatoms. The van der Waals surface area contributed by atoms with Gasteiger partial charge in [0.25, 0.3) is 5.91 Å². The normalized spacial score (nSPS) is 14.5. The molecule has 1 aromatic heterocycles. The van der Waals surface area contributed by atoms with Crippen LogP contribution in [0.2, 0.25) is 0 Å². The number of rotatable bonds is 6. The van der Waals surface area contributed by atoms with Gasteiger partial charge in [0.05, 0.1) is 5.60 Å². The lowest BCUT2D eigenvalue weighted by Gasteiger charge is -2.27. The fourth-order valence-corrected chi connectivity index (χ4v) is 2.49. The molecule has 0 aliphatic rings. The average molecular weight is 332 g/mol. The Labute approximate surface area is 122 Å². The van der Waals surface area contributed by atoms with E-state index in [1.54, 1.807) is 13.0 Å². The number of carbonyl (C=O) groups is 1. The zero-order chi connectivity index (χ0) is 14.6. The zero-order valence-corrected chi connectivity index (χ0v) is 13.5. The molecule has 108 valence electrons. The number of aryl methyl sites for hydroxylation is 1. The molecule has 1 unspecified atom stereocenters. The first-order valence-corrected chi connectivity index (χ1v) is 7.05. The number of nitrogens with zero attached hydrogens (tertiary/aromatic N) is 2. The van der Waals surface area contributed by atoms with Crippen molar-refractivity contribution in [3.63, 3.8) is 0 Å². The Morgan fingerprint density at radius 1 is 1.58 bits per heavy atom. The van der Waals surface area contributed by atoms with Crippen molar-refractivity contribution in [2.24, 2.45) is 0 Å². The molecule has 2 N–H and O–H groups in total. The Kier molecular flexibility index (Phi) is 5.58. The molecule has 0 saturated carbocycles. The first kappa shape index (κ1) is 16.2. The van der Waals surface area contributed by atoms with E-state index in [0.29, 0.717) is 12.2 Å². The molecule has 0 saturated heterocycles. The molecule has 0 aliphatic carbocycles. The molecular formula is C13H22BrN3O2. The maximum atomic E-state index is 12.1. The van der Waals surface area contributed by atoms with Gasteiger partial charge < -0.3 is 19.9 Å². The molecule has 1 atom stereocenters. The van der Waals surface area contributed by atoms with Crippen molar-refractivity contribution in [3.05, 3.63) is 22.4 Å². The fourth-order valence-electron chi connectivity index (χ4n) is 2.03. The van der Waals surface area contributed by atoms with Crippen molar-refractivity contribution < 1.29 is 9.90 Å². The number of halogens is 1. The summed E-state index contributed by atoms with van der Waals surface area (Å²) >= 11 is 3.36. The third kappa shape index (κ3) is 4.97. The number of aromatic nitrogens is 1. The minimum Gasteiger partial charge on any atom is -0.387 e. The average Bonchev–Trinajstić information content (AvgIpc) is 2.66. The van der Waals surface area contributed by atoms with Crippen LogP contribution in [0.15, 0.2) is 16.7 Å². The highest BCUT2D eigenvalue weighted by atomic mass is 79.9. The summed E-state index contributed by atoms with van der Waals surface area (Å²) in [7, 11) is 3.77. The van der Waals surface area contributed by atoms with Crippen LogP contribution in [0.4, 0.5) is 0 Å². The van der Waals surface area contributed by atoms with E-state index in [4.69, 9.17) is 0 Å². The molecule has 5 nitrogen and oxygen atoms in total. The van der Waals surface area contributed by atoms with Crippen LogP contribution >= 0.6 is 15.9 Å². The summed E-state index contributed by atoms with van der Waals surface area (Å²) in [4.78, 5) is 14.0. The number of likely N-dealkylation sites (N-methyl/N-ethyl adjacent to an activating group) is 1. The van der Waals surface area contributed by atoms with Crippen LogP contribution < -0.4 is 5.32 Å². The van der Waals surface area contributed by atoms with Gasteiger partial charge in [-0.2, -0.15) is 0 Å². The summed E-state index contributed by atoms with van der Waals surface area (Å²) in [5, 5.41) is 12.9. The SMILES string of the molecule is CCn1cc(Br)cc1C(=O)NCC(C)(O)CN(C)C. The smallest absolute Gasteiger partial charge is 0.268 e. The van der Waals surface area contributed by atoms with E-state index in [1.807, 2.05) is 36.7 Å². The number of amides is 1. The maximum Gasteiger partial charge on any atom is 0.268 e. The molecule has 0 bridgehead atoms. The van der Waals surface area contributed by atoms with Crippen LogP contribution in [0.5, 0.6) is 0 Å². The Bertz CT molecular complexity index is 441. The van der Waals surface area contributed by atoms with Crippen molar-refractivity contribution in [3.8, 4) is 0 Å². The Balaban J connectivity index is 2.65. The van der Waals surface area contributed by atoms with Gasteiger partial charge in [-0.15, -0.1) is 0 Å². The van der Waals surface area contributed by atoms with Crippen LogP contribution in [-0.2, 0) is 6.54 Å². The van der Waals surface area contributed by atoms with Gasteiger partial charge in [0.1, 0.15) is 5.69 Å². The van der Waals surface area contributed by atoms with E-state index in [2.05, 4.69) is 21.2 Å². The monoisotopic (exact) mass is 331 g/mol. The first-order chi connectivity index (χ1) is 8.75. The van der Waals surface area contributed by atoms with E-state index in [-0.39, 0.29) is 12.5 Å². The van der Waals surface area contributed by atoms with Gasteiger partial charge >= 0.3 is 0 Å². The van der Waals surface area contributed by atoms with Crippen molar-refractivity contribution >= 4 is 21.8 Å². The lowest BCUT2D eigenvalue weighted by atomic mass is 10.1. The molecule has 0 spiro atoms. The number of hydrogen-bond acceptors (Lipinski definition) is 3. The van der Waals surface area contributed by atoms with E-state index in [1.165, 1.54) is 0 Å². The first-order valence-electron chi connectivity index (χ1n) is 6.26. The summed E-state index contributed by atoms with van der Waals surface area (Å²) in [6, 6.07) is 1.78. The Morgan fingerprint density at radius 2 is 2.21 bits per heavy atom. The van der Waals surface area contributed by atoms with Crippen LogP contribution in [-0.4, -0.2) is 53.3 Å². The Morgan fingerprint density at radius 3 is 2.74 bits per heavy atom.